The zero-order chi connectivity index (χ0) is 21.5. The monoisotopic (exact) mass is 414 g/mol. The smallest absolute Gasteiger partial charge is 0.408 e. The summed E-state index contributed by atoms with van der Waals surface area (Å²) in [6.45, 7) is 11.7. The summed E-state index contributed by atoms with van der Waals surface area (Å²) in [4.78, 5) is 12.1. The Hall–Kier alpha value is -0.645. The highest BCUT2D eigenvalue weighted by Gasteiger charge is 2.69. The molecule has 5 rings (SSSR count). The predicted octanol–water partition coefficient (Wildman–Crippen LogP) is 4.95. The second-order valence-electron chi connectivity index (χ2n) is 12.5. The molecule has 5 heteroatoms. The Kier molecular flexibility index (Phi) is 4.72. The van der Waals surface area contributed by atoms with Crippen molar-refractivity contribution in [2.45, 2.75) is 103 Å². The topological polar surface area (TPSA) is 55.8 Å². The van der Waals surface area contributed by atoms with Crippen LogP contribution >= 0.6 is 0 Å². The van der Waals surface area contributed by atoms with E-state index in [1.165, 1.54) is 18.4 Å². The number of ketones is 1. The molecule has 4 fully saturated rings. The molecule has 166 valence electrons. The van der Waals surface area contributed by atoms with Gasteiger partial charge in [-0.3, -0.25) is 4.79 Å². The summed E-state index contributed by atoms with van der Waals surface area (Å²) in [6.07, 6.45) is 9.78. The third kappa shape index (κ3) is 2.73. The van der Waals surface area contributed by atoms with Gasteiger partial charge in [-0.1, -0.05) is 40.2 Å². The van der Waals surface area contributed by atoms with E-state index in [4.69, 9.17) is 9.31 Å². The molecule has 0 aromatic rings. The van der Waals surface area contributed by atoms with Crippen molar-refractivity contribution in [1.82, 2.24) is 0 Å². The van der Waals surface area contributed by atoms with Crippen LogP contribution in [0.2, 0.25) is 5.31 Å². The molecule has 0 radical (unpaired) electrons. The van der Waals surface area contributed by atoms with Crippen molar-refractivity contribution >= 4 is 12.9 Å². The van der Waals surface area contributed by atoms with Crippen LogP contribution in [0.3, 0.4) is 0 Å². The molecule has 0 amide bonds. The Morgan fingerprint density at radius 1 is 1.07 bits per heavy atom. The van der Waals surface area contributed by atoms with Gasteiger partial charge in [0.2, 0.25) is 0 Å². The van der Waals surface area contributed by atoms with Gasteiger partial charge in [-0.2, -0.15) is 0 Å². The van der Waals surface area contributed by atoms with E-state index in [1.807, 2.05) is 6.08 Å². The fourth-order valence-corrected chi connectivity index (χ4v) is 8.38. The Morgan fingerprint density at radius 2 is 1.80 bits per heavy atom. The number of carbonyl (C=O) groups is 1. The molecule has 0 bridgehead atoms. The van der Waals surface area contributed by atoms with E-state index in [1.54, 1.807) is 0 Å². The first-order chi connectivity index (χ1) is 14.0. The molecule has 0 aromatic carbocycles. The van der Waals surface area contributed by atoms with Crippen molar-refractivity contribution in [1.29, 1.82) is 0 Å². The summed E-state index contributed by atoms with van der Waals surface area (Å²) in [5, 5.41) is 11.1. The lowest BCUT2D eigenvalue weighted by atomic mass is 9.45. The van der Waals surface area contributed by atoms with Gasteiger partial charge in [0.1, 0.15) is 6.10 Å². The lowest BCUT2D eigenvalue weighted by molar-refractivity contribution is -0.199. The molecule has 7 unspecified atom stereocenters. The first-order valence-electron chi connectivity index (χ1n) is 12.2. The van der Waals surface area contributed by atoms with E-state index in [-0.39, 0.29) is 23.3 Å². The fraction of sp³-hybridized carbons (Fsp3) is 0.880. The van der Waals surface area contributed by atoms with Crippen LogP contribution in [0, 0.1) is 28.6 Å². The van der Waals surface area contributed by atoms with E-state index in [2.05, 4.69) is 34.6 Å². The van der Waals surface area contributed by atoms with Gasteiger partial charge in [-0.15, -0.1) is 0 Å². The Bertz CT molecular complexity index is 772. The van der Waals surface area contributed by atoms with Crippen molar-refractivity contribution in [2.24, 2.45) is 28.6 Å². The maximum absolute atomic E-state index is 12.1. The SMILES string of the molecule is CC(C)(C)B1OCC(O)C2(CCC3C4CCC5=CC(=O)CCC5(C)C4CCC32C)O1. The van der Waals surface area contributed by atoms with Gasteiger partial charge in [0, 0.05) is 11.8 Å². The number of aliphatic hydroxyl groups is 1. The van der Waals surface area contributed by atoms with E-state index >= 15 is 0 Å². The Morgan fingerprint density at radius 3 is 2.53 bits per heavy atom. The zero-order valence-corrected chi connectivity index (χ0v) is 19.5. The van der Waals surface area contributed by atoms with Crippen LogP contribution in [0.4, 0.5) is 0 Å². The average Bonchev–Trinajstić information content (AvgIpc) is 2.97. The second kappa shape index (κ2) is 6.68. The zero-order valence-electron chi connectivity index (χ0n) is 19.5. The molecule has 1 heterocycles. The Labute approximate surface area is 182 Å². The lowest BCUT2D eigenvalue weighted by Gasteiger charge is -2.61. The van der Waals surface area contributed by atoms with Gasteiger partial charge in [-0.25, -0.2) is 0 Å². The molecular weight excluding hydrogens is 375 g/mol. The number of aliphatic hydroxyl groups excluding tert-OH is 1. The molecule has 0 aromatic heterocycles. The van der Waals surface area contributed by atoms with Crippen molar-refractivity contribution < 1.29 is 19.2 Å². The van der Waals surface area contributed by atoms with E-state index < -0.39 is 11.7 Å². The highest BCUT2D eigenvalue weighted by atomic mass is 16.6. The summed E-state index contributed by atoms with van der Waals surface area (Å²) in [6, 6.07) is 0. The highest BCUT2D eigenvalue weighted by molar-refractivity contribution is 6.48. The van der Waals surface area contributed by atoms with Crippen molar-refractivity contribution in [3.8, 4) is 0 Å². The Balaban J connectivity index is 1.47. The molecule has 1 aliphatic heterocycles. The molecule has 4 aliphatic carbocycles. The van der Waals surface area contributed by atoms with Crippen LogP contribution in [-0.4, -0.2) is 36.3 Å². The van der Waals surface area contributed by atoms with Gasteiger partial charge >= 0.3 is 7.12 Å². The largest absolute Gasteiger partial charge is 0.463 e. The molecule has 3 saturated carbocycles. The van der Waals surface area contributed by atoms with Crippen LogP contribution in [0.1, 0.15) is 86.0 Å². The maximum Gasteiger partial charge on any atom is 0.463 e. The van der Waals surface area contributed by atoms with Crippen molar-refractivity contribution in [3.05, 3.63) is 11.6 Å². The van der Waals surface area contributed by atoms with Crippen LogP contribution in [0.25, 0.3) is 0 Å². The molecule has 5 aliphatic rings. The minimum absolute atomic E-state index is 0.0110. The van der Waals surface area contributed by atoms with Gasteiger partial charge in [0.05, 0.1) is 12.2 Å². The molecule has 4 nitrogen and oxygen atoms in total. The standard InChI is InChI=1S/C25H39BO4/c1-22(2,3)26-29-15-21(28)25(30-26)13-10-20-18-7-6-16-14-17(27)8-11-23(16,4)19(18)9-12-24(20,25)5/h14,18-21,28H,6-13,15H2,1-5H3. The third-order valence-electron chi connectivity index (χ3n) is 10.1. The quantitative estimate of drug-likeness (QED) is 0.570. The average molecular weight is 414 g/mol. The molecule has 30 heavy (non-hydrogen) atoms. The molecule has 7 atom stereocenters. The van der Waals surface area contributed by atoms with Gasteiger partial charge in [0.25, 0.3) is 0 Å². The van der Waals surface area contributed by atoms with Crippen LogP contribution in [-0.2, 0) is 14.1 Å². The maximum atomic E-state index is 12.1. The molecule has 1 N–H and O–H groups in total. The summed E-state index contributed by atoms with van der Waals surface area (Å²) in [5.74, 6) is 2.24. The van der Waals surface area contributed by atoms with Gasteiger partial charge in [-0.05, 0) is 79.5 Å². The van der Waals surface area contributed by atoms with Crippen LogP contribution in [0.5, 0.6) is 0 Å². The van der Waals surface area contributed by atoms with E-state index in [0.717, 1.165) is 32.1 Å². The van der Waals surface area contributed by atoms with Crippen molar-refractivity contribution in [3.63, 3.8) is 0 Å². The number of allylic oxidation sites excluding steroid dienone is 1. The number of rotatable bonds is 0. The van der Waals surface area contributed by atoms with Gasteiger partial charge in [0.15, 0.2) is 5.78 Å². The second-order valence-corrected chi connectivity index (χ2v) is 12.5. The van der Waals surface area contributed by atoms with E-state index in [9.17, 15) is 9.90 Å². The van der Waals surface area contributed by atoms with E-state index in [0.29, 0.717) is 36.6 Å². The van der Waals surface area contributed by atoms with Gasteiger partial charge < -0.3 is 14.4 Å². The first-order valence-corrected chi connectivity index (χ1v) is 12.2. The summed E-state index contributed by atoms with van der Waals surface area (Å²) in [7, 11) is -0.267. The minimum atomic E-state index is -0.551. The fourth-order valence-electron chi connectivity index (χ4n) is 8.38. The molecule has 1 spiro atoms. The van der Waals surface area contributed by atoms with Crippen LogP contribution in [0.15, 0.2) is 11.6 Å². The molecular formula is C25H39BO4. The summed E-state index contributed by atoms with van der Waals surface area (Å²) >= 11 is 0. The van der Waals surface area contributed by atoms with Crippen molar-refractivity contribution in [2.75, 3.05) is 6.61 Å². The number of fused-ring (bicyclic) bond motifs is 6. The third-order valence-corrected chi connectivity index (χ3v) is 10.1. The van der Waals surface area contributed by atoms with Crippen LogP contribution < -0.4 is 0 Å². The molecule has 1 saturated heterocycles. The predicted molar refractivity (Wildman–Crippen MR) is 118 cm³/mol. The lowest BCUT2D eigenvalue weighted by Crippen LogP contribution is -2.66. The normalized spacial score (nSPS) is 48.8. The minimum Gasteiger partial charge on any atom is -0.408 e. The summed E-state index contributed by atoms with van der Waals surface area (Å²) < 4.78 is 12.7. The summed E-state index contributed by atoms with van der Waals surface area (Å²) in [5.41, 5.74) is 1.12. The highest BCUT2D eigenvalue weighted by Crippen LogP contribution is 2.69. The number of carbonyl (C=O) groups excluding carboxylic acids is 1. The number of hydrogen-bond donors (Lipinski definition) is 1. The first kappa shape index (κ1) is 21.2. The number of hydrogen-bond acceptors (Lipinski definition) is 4.